The molecule has 1 heterocycles. The van der Waals surface area contributed by atoms with Crippen molar-refractivity contribution >= 4 is 18.7 Å². The molecule has 1 unspecified atom stereocenters. The molecule has 2 aromatic rings. The van der Waals surface area contributed by atoms with E-state index in [0.29, 0.717) is 35.5 Å². The number of halogens is 1. The third-order valence-corrected chi connectivity index (χ3v) is 8.29. The van der Waals surface area contributed by atoms with Crippen LogP contribution < -0.4 is 4.52 Å². The molecular formula is C25H34FN2O2P. The molecule has 0 spiro atoms. The lowest BCUT2D eigenvalue weighted by atomic mass is 9.80. The maximum atomic E-state index is 14.4. The SMILES string of the molecule is CCN(CC)P1(=O)Oc2c(cc(C(C)(C)C)cc2C(C)(C)C)N=C1c1ccc(F)cc1. The van der Waals surface area contributed by atoms with Gasteiger partial charge in [-0.25, -0.2) is 14.1 Å². The molecular weight excluding hydrogens is 410 g/mol. The van der Waals surface area contributed by atoms with Gasteiger partial charge in [0.15, 0.2) is 11.2 Å². The number of hydrogen-bond donors (Lipinski definition) is 0. The maximum absolute atomic E-state index is 14.4. The van der Waals surface area contributed by atoms with Crippen molar-refractivity contribution in [2.75, 3.05) is 13.1 Å². The van der Waals surface area contributed by atoms with Gasteiger partial charge in [-0.2, -0.15) is 0 Å². The van der Waals surface area contributed by atoms with Crippen molar-refractivity contribution in [1.82, 2.24) is 4.67 Å². The molecule has 0 saturated heterocycles. The van der Waals surface area contributed by atoms with E-state index in [-0.39, 0.29) is 16.6 Å². The van der Waals surface area contributed by atoms with E-state index in [1.807, 2.05) is 24.6 Å². The highest BCUT2D eigenvalue weighted by atomic mass is 31.2. The zero-order valence-electron chi connectivity index (χ0n) is 19.9. The smallest absolute Gasteiger partial charge is 0.368 e. The Kier molecular flexibility index (Phi) is 6.25. The number of aliphatic imine (C=N–C) groups is 1. The Morgan fingerprint density at radius 2 is 1.55 bits per heavy atom. The third-order valence-electron chi connectivity index (χ3n) is 5.66. The van der Waals surface area contributed by atoms with Crippen LogP contribution in [0.15, 0.2) is 41.4 Å². The molecule has 0 N–H and O–H groups in total. The van der Waals surface area contributed by atoms with Gasteiger partial charge in [-0.3, -0.25) is 4.57 Å². The summed E-state index contributed by atoms with van der Waals surface area (Å²) < 4.78 is 36.3. The summed E-state index contributed by atoms with van der Waals surface area (Å²) in [4.78, 5) is 4.93. The van der Waals surface area contributed by atoms with E-state index in [4.69, 9.17) is 9.52 Å². The van der Waals surface area contributed by atoms with Gasteiger partial charge in [0, 0.05) is 24.2 Å². The van der Waals surface area contributed by atoms with Crippen LogP contribution in [0.2, 0.25) is 0 Å². The van der Waals surface area contributed by atoms with Crippen LogP contribution in [0.1, 0.15) is 72.1 Å². The molecule has 0 amide bonds. The second kappa shape index (κ2) is 8.18. The Balaban J connectivity index is 2.36. The molecule has 0 bridgehead atoms. The molecule has 31 heavy (non-hydrogen) atoms. The van der Waals surface area contributed by atoms with Crippen LogP contribution in [0.4, 0.5) is 10.1 Å². The number of fused-ring (bicyclic) bond motifs is 1. The summed E-state index contributed by atoms with van der Waals surface area (Å²) in [6.45, 7) is 17.9. The second-order valence-corrected chi connectivity index (χ2v) is 12.3. The largest absolute Gasteiger partial charge is 0.426 e. The van der Waals surface area contributed by atoms with Crippen LogP contribution in [-0.2, 0) is 15.4 Å². The molecule has 0 saturated carbocycles. The third kappa shape index (κ3) is 4.49. The van der Waals surface area contributed by atoms with E-state index in [1.54, 1.807) is 12.1 Å². The summed E-state index contributed by atoms with van der Waals surface area (Å²) in [6, 6.07) is 10.2. The van der Waals surface area contributed by atoms with Crippen molar-refractivity contribution < 1.29 is 13.5 Å². The predicted octanol–water partition coefficient (Wildman–Crippen LogP) is 7.43. The van der Waals surface area contributed by atoms with Crippen LogP contribution in [0.3, 0.4) is 0 Å². The van der Waals surface area contributed by atoms with Gasteiger partial charge in [-0.1, -0.05) is 61.5 Å². The van der Waals surface area contributed by atoms with Gasteiger partial charge in [0.25, 0.3) is 0 Å². The molecule has 0 radical (unpaired) electrons. The highest BCUT2D eigenvalue weighted by molar-refractivity contribution is 7.75. The Labute approximate surface area is 186 Å². The minimum Gasteiger partial charge on any atom is -0.426 e. The van der Waals surface area contributed by atoms with Gasteiger partial charge >= 0.3 is 7.52 Å². The van der Waals surface area contributed by atoms with Crippen molar-refractivity contribution in [3.63, 3.8) is 0 Å². The predicted molar refractivity (Wildman–Crippen MR) is 128 cm³/mol. The minimum absolute atomic E-state index is 0.0827. The molecule has 4 nitrogen and oxygen atoms in total. The average Bonchev–Trinajstić information content (AvgIpc) is 2.66. The van der Waals surface area contributed by atoms with Crippen molar-refractivity contribution in [3.05, 3.63) is 58.9 Å². The van der Waals surface area contributed by atoms with E-state index in [9.17, 15) is 8.96 Å². The summed E-state index contributed by atoms with van der Waals surface area (Å²) in [5.41, 5.74) is 3.49. The summed E-state index contributed by atoms with van der Waals surface area (Å²) >= 11 is 0. The molecule has 0 aliphatic carbocycles. The fraction of sp³-hybridized carbons (Fsp3) is 0.480. The summed E-state index contributed by atoms with van der Waals surface area (Å²) in [5.74, 6) is 0.241. The molecule has 0 fully saturated rings. The summed E-state index contributed by atoms with van der Waals surface area (Å²) in [7, 11) is -3.49. The van der Waals surface area contributed by atoms with Crippen LogP contribution in [0.25, 0.3) is 0 Å². The van der Waals surface area contributed by atoms with Gasteiger partial charge in [0.2, 0.25) is 0 Å². The van der Waals surface area contributed by atoms with Crippen molar-refractivity contribution in [3.8, 4) is 5.75 Å². The van der Waals surface area contributed by atoms with Crippen LogP contribution in [0, 0.1) is 5.82 Å². The fourth-order valence-electron chi connectivity index (χ4n) is 3.74. The number of nitrogens with zero attached hydrogens (tertiary/aromatic N) is 2. The van der Waals surface area contributed by atoms with E-state index < -0.39 is 7.52 Å². The Morgan fingerprint density at radius 3 is 2.03 bits per heavy atom. The lowest BCUT2D eigenvalue weighted by molar-refractivity contribution is 0.378. The van der Waals surface area contributed by atoms with Crippen molar-refractivity contribution in [2.24, 2.45) is 4.99 Å². The van der Waals surface area contributed by atoms with Gasteiger partial charge in [0.1, 0.15) is 11.5 Å². The highest BCUT2D eigenvalue weighted by Crippen LogP contribution is 2.61. The topological polar surface area (TPSA) is 41.9 Å². The molecule has 2 aromatic carbocycles. The van der Waals surface area contributed by atoms with Gasteiger partial charge < -0.3 is 4.52 Å². The number of benzene rings is 2. The van der Waals surface area contributed by atoms with Crippen molar-refractivity contribution in [1.29, 1.82) is 0 Å². The maximum Gasteiger partial charge on any atom is 0.368 e. The Hall–Kier alpha value is -1.97. The first kappa shape index (κ1) is 23.7. The highest BCUT2D eigenvalue weighted by Gasteiger charge is 2.44. The number of hydrogen-bond acceptors (Lipinski definition) is 3. The average molecular weight is 445 g/mol. The van der Waals surface area contributed by atoms with Crippen LogP contribution >= 0.6 is 7.52 Å². The molecule has 1 atom stereocenters. The van der Waals surface area contributed by atoms with Crippen LogP contribution in [-0.4, -0.2) is 23.2 Å². The molecule has 6 heteroatoms. The fourth-order valence-corrected chi connectivity index (χ4v) is 6.10. The van der Waals surface area contributed by atoms with E-state index in [2.05, 4.69) is 47.6 Å². The zero-order chi connectivity index (χ0) is 23.2. The quantitative estimate of drug-likeness (QED) is 0.461. The van der Waals surface area contributed by atoms with E-state index in [1.165, 1.54) is 12.1 Å². The molecule has 0 aromatic heterocycles. The van der Waals surface area contributed by atoms with E-state index in [0.717, 1.165) is 11.1 Å². The van der Waals surface area contributed by atoms with Gasteiger partial charge in [0.05, 0.1) is 0 Å². The monoisotopic (exact) mass is 444 g/mol. The first-order valence-electron chi connectivity index (χ1n) is 10.9. The van der Waals surface area contributed by atoms with Gasteiger partial charge in [-0.05, 0) is 46.7 Å². The summed E-state index contributed by atoms with van der Waals surface area (Å²) in [6.07, 6.45) is 0. The standard InChI is InChI=1S/C25H34FN2O2P/c1-9-28(10-2)31(29)23(17-11-13-19(26)14-12-17)27-21-16-18(24(3,4)5)15-20(22(21)30-31)25(6,7)8/h11-16H,9-10H2,1-8H3. The Bertz CT molecular complexity index is 1040. The first-order valence-corrected chi connectivity index (χ1v) is 12.5. The normalized spacial score (nSPS) is 19.1. The second-order valence-electron chi connectivity index (χ2n) is 10.1. The molecule has 168 valence electrons. The minimum atomic E-state index is -3.49. The molecule has 3 rings (SSSR count). The Morgan fingerprint density at radius 1 is 0.968 bits per heavy atom. The van der Waals surface area contributed by atoms with Gasteiger partial charge in [-0.15, -0.1) is 0 Å². The van der Waals surface area contributed by atoms with Crippen molar-refractivity contribution in [2.45, 2.75) is 66.2 Å². The molecule has 1 aliphatic heterocycles. The lowest BCUT2D eigenvalue weighted by Crippen LogP contribution is -2.30. The number of rotatable bonds is 4. The molecule has 1 aliphatic rings. The van der Waals surface area contributed by atoms with Crippen LogP contribution in [0.5, 0.6) is 5.75 Å². The lowest BCUT2D eigenvalue weighted by Gasteiger charge is -2.36. The van der Waals surface area contributed by atoms with E-state index >= 15 is 0 Å². The first-order chi connectivity index (χ1) is 14.3. The summed E-state index contributed by atoms with van der Waals surface area (Å²) in [5, 5.41) is 0. The zero-order valence-corrected chi connectivity index (χ0v) is 20.8.